The lowest BCUT2D eigenvalue weighted by atomic mass is 9.93. The molecule has 1 N–H and O–H groups in total. The van der Waals surface area contributed by atoms with Gasteiger partial charge in [0.2, 0.25) is 0 Å². The predicted octanol–water partition coefficient (Wildman–Crippen LogP) is 3.05. The van der Waals surface area contributed by atoms with Crippen molar-refractivity contribution in [2.45, 2.75) is 47.1 Å². The van der Waals surface area contributed by atoms with Crippen molar-refractivity contribution in [3.8, 4) is 0 Å². The number of halogens is 1. The highest BCUT2D eigenvalue weighted by atomic mass is 127. The Kier molecular flexibility index (Phi) is 6.96. The molecular formula is C15H27IN4O. The fourth-order valence-electron chi connectivity index (χ4n) is 2.47. The number of hydrogen-bond acceptors (Lipinski definition) is 3. The number of hydrogen-bond donors (Lipinski definition) is 1. The van der Waals surface area contributed by atoms with Crippen LogP contribution in [0.2, 0.25) is 0 Å². The maximum atomic E-state index is 5.28. The Morgan fingerprint density at radius 2 is 2.24 bits per heavy atom. The second-order valence-corrected chi connectivity index (χ2v) is 6.14. The van der Waals surface area contributed by atoms with Crippen molar-refractivity contribution in [1.82, 2.24) is 15.4 Å². The molecule has 0 aliphatic carbocycles. The number of nitrogens with zero attached hydrogens (tertiary/aromatic N) is 3. The molecule has 0 aromatic carbocycles. The summed E-state index contributed by atoms with van der Waals surface area (Å²) in [6.45, 7) is 12.3. The highest BCUT2D eigenvalue weighted by Gasteiger charge is 2.30. The van der Waals surface area contributed by atoms with Crippen molar-refractivity contribution < 1.29 is 4.52 Å². The fourth-order valence-corrected chi connectivity index (χ4v) is 2.47. The van der Waals surface area contributed by atoms with Crippen molar-refractivity contribution in [2.75, 3.05) is 19.6 Å². The van der Waals surface area contributed by atoms with Crippen LogP contribution in [0.4, 0.5) is 0 Å². The molecule has 1 aliphatic rings. The van der Waals surface area contributed by atoms with E-state index in [9.17, 15) is 0 Å². The molecule has 0 radical (unpaired) electrons. The average Bonchev–Trinajstić information content (AvgIpc) is 3.00. The molecule has 0 bridgehead atoms. The van der Waals surface area contributed by atoms with Crippen LogP contribution in [0.25, 0.3) is 0 Å². The van der Waals surface area contributed by atoms with E-state index < -0.39 is 0 Å². The van der Waals surface area contributed by atoms with Crippen LogP contribution in [0.1, 0.15) is 45.6 Å². The highest BCUT2D eigenvalue weighted by molar-refractivity contribution is 14.0. The third-order valence-corrected chi connectivity index (χ3v) is 3.67. The quantitative estimate of drug-likeness (QED) is 0.475. The molecule has 120 valence electrons. The summed E-state index contributed by atoms with van der Waals surface area (Å²) in [5.41, 5.74) is 1.36. The van der Waals surface area contributed by atoms with Gasteiger partial charge in [0, 0.05) is 25.7 Å². The second kappa shape index (κ2) is 8.00. The summed E-state index contributed by atoms with van der Waals surface area (Å²) in [6.07, 6.45) is 2.10. The number of aromatic nitrogens is 1. The molecule has 0 saturated carbocycles. The molecule has 1 aromatic rings. The van der Waals surface area contributed by atoms with Gasteiger partial charge in [-0.1, -0.05) is 25.9 Å². The van der Waals surface area contributed by atoms with Crippen LogP contribution in [0.5, 0.6) is 0 Å². The van der Waals surface area contributed by atoms with Crippen LogP contribution >= 0.6 is 24.0 Å². The zero-order valence-corrected chi connectivity index (χ0v) is 15.8. The summed E-state index contributed by atoms with van der Waals surface area (Å²) in [4.78, 5) is 7.01. The molecule has 2 heterocycles. The largest absolute Gasteiger partial charge is 0.359 e. The van der Waals surface area contributed by atoms with Crippen molar-refractivity contribution in [3.63, 3.8) is 0 Å². The average molecular weight is 406 g/mol. The maximum absolute atomic E-state index is 5.28. The van der Waals surface area contributed by atoms with Gasteiger partial charge in [0.15, 0.2) is 11.7 Å². The Morgan fingerprint density at radius 1 is 1.48 bits per heavy atom. The molecule has 21 heavy (non-hydrogen) atoms. The number of likely N-dealkylation sites (tertiary alicyclic amines) is 1. The molecule has 1 aliphatic heterocycles. The first-order valence-corrected chi connectivity index (χ1v) is 7.52. The molecule has 5 nitrogen and oxygen atoms in total. The van der Waals surface area contributed by atoms with Crippen molar-refractivity contribution in [2.24, 2.45) is 10.4 Å². The minimum absolute atomic E-state index is 0. The summed E-state index contributed by atoms with van der Waals surface area (Å²) >= 11 is 0. The molecule has 6 heteroatoms. The maximum Gasteiger partial charge on any atom is 0.194 e. The first-order chi connectivity index (χ1) is 9.54. The van der Waals surface area contributed by atoms with Crippen LogP contribution in [0, 0.1) is 5.41 Å². The Labute approximate surface area is 144 Å². The van der Waals surface area contributed by atoms with Gasteiger partial charge < -0.3 is 14.7 Å². The summed E-state index contributed by atoms with van der Waals surface area (Å²) in [5.74, 6) is 1.81. The fraction of sp³-hybridized carbons (Fsp3) is 0.733. The van der Waals surface area contributed by atoms with Gasteiger partial charge >= 0.3 is 0 Å². The van der Waals surface area contributed by atoms with E-state index in [1.165, 1.54) is 6.42 Å². The number of guanidine groups is 1. The predicted molar refractivity (Wildman–Crippen MR) is 96.1 cm³/mol. The lowest BCUT2D eigenvalue weighted by molar-refractivity contribution is 0.366. The van der Waals surface area contributed by atoms with Crippen molar-refractivity contribution in [1.29, 1.82) is 0 Å². The Hall–Kier alpha value is -0.790. The van der Waals surface area contributed by atoms with E-state index in [0.717, 1.165) is 43.5 Å². The lowest BCUT2D eigenvalue weighted by Crippen LogP contribution is -2.40. The summed E-state index contributed by atoms with van der Waals surface area (Å²) in [6, 6.07) is 1.99. The minimum Gasteiger partial charge on any atom is -0.359 e. The van der Waals surface area contributed by atoms with E-state index in [-0.39, 0.29) is 24.0 Å². The van der Waals surface area contributed by atoms with E-state index in [0.29, 0.717) is 12.0 Å². The number of nitrogens with one attached hydrogen (secondary N) is 1. The van der Waals surface area contributed by atoms with E-state index in [2.05, 4.69) is 48.1 Å². The Bertz CT molecular complexity index is 470. The number of rotatable bonds is 4. The van der Waals surface area contributed by atoms with Gasteiger partial charge in [-0.2, -0.15) is 0 Å². The van der Waals surface area contributed by atoms with Crippen LogP contribution in [-0.4, -0.2) is 35.7 Å². The van der Waals surface area contributed by atoms with Crippen LogP contribution < -0.4 is 5.32 Å². The standard InChI is InChI=1S/C15H26N4O.HI/c1-5-12-9-13(20-18-12)10-17-14(16-6-2)19-8-7-15(3,4)11-19;/h9H,5-8,10-11H2,1-4H3,(H,16,17);1H. The zero-order chi connectivity index (χ0) is 14.6. The highest BCUT2D eigenvalue weighted by Crippen LogP contribution is 2.28. The van der Waals surface area contributed by atoms with E-state index in [1.54, 1.807) is 0 Å². The van der Waals surface area contributed by atoms with Gasteiger partial charge in [0.05, 0.1) is 5.69 Å². The van der Waals surface area contributed by atoms with Gasteiger partial charge in [-0.15, -0.1) is 24.0 Å². The third-order valence-electron chi connectivity index (χ3n) is 3.67. The molecule has 0 atom stereocenters. The molecule has 1 aromatic heterocycles. The minimum atomic E-state index is 0. The molecule has 0 amide bonds. The van der Waals surface area contributed by atoms with E-state index >= 15 is 0 Å². The van der Waals surface area contributed by atoms with E-state index in [1.807, 2.05) is 6.07 Å². The molecule has 0 unspecified atom stereocenters. The zero-order valence-electron chi connectivity index (χ0n) is 13.5. The third kappa shape index (κ3) is 5.16. The first kappa shape index (κ1) is 18.3. The van der Waals surface area contributed by atoms with Crippen molar-refractivity contribution >= 4 is 29.9 Å². The number of aliphatic imine (C=N–C) groups is 1. The number of aryl methyl sites for hydroxylation is 1. The van der Waals surface area contributed by atoms with Crippen LogP contribution in [0.15, 0.2) is 15.6 Å². The summed E-state index contributed by atoms with van der Waals surface area (Å²) in [7, 11) is 0. The lowest BCUT2D eigenvalue weighted by Gasteiger charge is -2.23. The second-order valence-electron chi connectivity index (χ2n) is 6.14. The van der Waals surface area contributed by atoms with Gasteiger partial charge in [-0.25, -0.2) is 4.99 Å². The normalized spacial score (nSPS) is 17.7. The molecule has 1 saturated heterocycles. The van der Waals surface area contributed by atoms with Gasteiger partial charge in [0.1, 0.15) is 6.54 Å². The Balaban J connectivity index is 0.00000220. The smallest absolute Gasteiger partial charge is 0.194 e. The van der Waals surface area contributed by atoms with Gasteiger partial charge in [-0.05, 0) is 25.2 Å². The van der Waals surface area contributed by atoms with Crippen LogP contribution in [-0.2, 0) is 13.0 Å². The monoisotopic (exact) mass is 406 g/mol. The van der Waals surface area contributed by atoms with Crippen molar-refractivity contribution in [3.05, 3.63) is 17.5 Å². The first-order valence-electron chi connectivity index (χ1n) is 7.52. The topological polar surface area (TPSA) is 53.7 Å². The molecule has 1 fully saturated rings. The van der Waals surface area contributed by atoms with Gasteiger partial charge in [0.25, 0.3) is 0 Å². The Morgan fingerprint density at radius 3 is 2.76 bits per heavy atom. The van der Waals surface area contributed by atoms with E-state index in [4.69, 9.17) is 4.52 Å². The van der Waals surface area contributed by atoms with Gasteiger partial charge in [-0.3, -0.25) is 0 Å². The molecular weight excluding hydrogens is 379 g/mol. The SMILES string of the molecule is CCNC(=NCc1cc(CC)no1)N1CCC(C)(C)C1.I. The summed E-state index contributed by atoms with van der Waals surface area (Å²) in [5, 5.41) is 7.37. The van der Waals surface area contributed by atoms with Crippen LogP contribution in [0.3, 0.4) is 0 Å². The summed E-state index contributed by atoms with van der Waals surface area (Å²) < 4.78 is 5.28. The molecule has 2 rings (SSSR count). The molecule has 0 spiro atoms.